The number of piperidine rings is 4. The molecule has 0 radical (unpaired) electrons. The number of carbonyl (C=O) groups is 2. The Balaban J connectivity index is 0.000000191. The fraction of sp³-hybridized carbons (Fsp3) is 0.918. The Morgan fingerprint density at radius 2 is 0.852 bits per heavy atom. The number of rotatable bonds is 13. The average Bonchev–Trinajstić information content (AvgIpc) is 1.24. The molecular formula is C85H170N20O3. The second-order valence-electron chi connectivity index (χ2n) is 36.2. The van der Waals surface area contributed by atoms with E-state index in [2.05, 4.69) is 206 Å². The lowest BCUT2D eigenvalue weighted by molar-refractivity contribution is -0.142. The van der Waals surface area contributed by atoms with Crippen molar-refractivity contribution in [2.45, 2.75) is 174 Å². The molecule has 23 heteroatoms. The van der Waals surface area contributed by atoms with Crippen molar-refractivity contribution in [1.29, 1.82) is 0 Å². The van der Waals surface area contributed by atoms with Gasteiger partial charge in [0, 0.05) is 200 Å². The third-order valence-electron chi connectivity index (χ3n) is 26.1. The SMILES string of the molecule is CC(C)N1CCN(C)CC1.CCN1CCN(C)CC1.CN1CCC(Cc2cccnc2)CC1.CN1CCC(N(C)C)CC1.CN1CCC(N2CCC2)CC1.CN1CCC(N2CCOCC2)CC1.CN1CCN(C(C)(C)C(=O)N2CCCC2)CC1.CN1CCN(C(C)(C)C(N)=O)CC1.CN1CCN(CC2CC2)CC1. The van der Waals surface area contributed by atoms with Gasteiger partial charge in [0.25, 0.3) is 0 Å². The summed E-state index contributed by atoms with van der Waals surface area (Å²) >= 11 is 0. The number of morpholine rings is 1. The van der Waals surface area contributed by atoms with E-state index in [-0.39, 0.29) is 11.4 Å². The molecule has 13 heterocycles. The number of nitrogens with two attached hydrogens (primary N) is 1. The molecule has 23 nitrogen and oxygen atoms in total. The van der Waals surface area contributed by atoms with Gasteiger partial charge in [0.1, 0.15) is 0 Å². The van der Waals surface area contributed by atoms with Gasteiger partial charge in [-0.3, -0.25) is 34.2 Å². The molecule has 1 saturated carbocycles. The minimum Gasteiger partial charge on any atom is -0.379 e. The van der Waals surface area contributed by atoms with Gasteiger partial charge in [0.2, 0.25) is 11.8 Å². The van der Waals surface area contributed by atoms with Crippen LogP contribution in [0.4, 0.5) is 0 Å². The lowest BCUT2D eigenvalue weighted by atomic mass is 9.91. The maximum absolute atomic E-state index is 12.5. The van der Waals surface area contributed by atoms with Crippen LogP contribution < -0.4 is 5.73 Å². The standard InChI is InChI=1S/C13H25N3O.C12H18N2.C10H20N2O.C9H19N3O.2C9H18N2.2C8H18N2.C7H16N2/c1-13(2,12(17)15-6-4-5-7-15)16-10-8-14(3)9-11-16;1-14-7-4-11(5-8-14)9-12-3-2-6-13-10-12;1-11-4-2-10(3-5-11)12-6-8-13-9-7-12;1-9(2,8(10)13)12-6-4-11(3)5-7-12;1-10-7-3-9(4-8-10)11-5-2-6-11;1-10-4-6-11(7-5-10)8-9-2-3-9;1-9(2)8-4-6-10(3)7-5-8;1-8(2)10-6-4-9(3)5-7-10;1-3-9-6-4-8(2)5-7-9/h4-11H2,1-3H3;2-3,6,10-11H,4-5,7-9H2,1H3;10H,2-9H2,1H3;4-7H2,1-3H3,(H2,10,13);2*9H,2-8H2,1H3;2*8H,4-7H2,1-3H3;3-7H2,1-2H3. The first-order valence-electron chi connectivity index (χ1n) is 43.7. The summed E-state index contributed by atoms with van der Waals surface area (Å²) in [5.74, 6) is 2.02. The van der Waals surface area contributed by atoms with Crippen LogP contribution in [0.1, 0.15) is 138 Å². The highest BCUT2D eigenvalue weighted by Crippen LogP contribution is 2.30. The molecule has 14 rings (SSSR count). The van der Waals surface area contributed by atoms with Crippen LogP contribution in [0.15, 0.2) is 24.5 Å². The van der Waals surface area contributed by atoms with Crippen molar-refractivity contribution in [3.05, 3.63) is 30.1 Å². The Hall–Kier alpha value is -2.63. The van der Waals surface area contributed by atoms with Crippen LogP contribution in [0.25, 0.3) is 0 Å². The first kappa shape index (κ1) is 94.2. The van der Waals surface area contributed by atoms with Gasteiger partial charge in [-0.1, -0.05) is 13.0 Å². The topological polar surface area (TPSA) is 141 Å². The number of likely N-dealkylation sites (tertiary alicyclic amines) is 6. The van der Waals surface area contributed by atoms with Crippen molar-refractivity contribution in [2.24, 2.45) is 17.6 Å². The van der Waals surface area contributed by atoms with Crippen LogP contribution in [0.5, 0.6) is 0 Å². The van der Waals surface area contributed by atoms with E-state index in [1.165, 1.54) is 253 Å². The second-order valence-corrected chi connectivity index (χ2v) is 36.2. The third kappa shape index (κ3) is 36.0. The molecule has 1 aromatic rings. The summed E-state index contributed by atoms with van der Waals surface area (Å²) < 4.78 is 5.36. The average molecular weight is 1520 g/mol. The maximum Gasteiger partial charge on any atom is 0.242 e. The van der Waals surface area contributed by atoms with E-state index in [4.69, 9.17) is 10.5 Å². The smallest absolute Gasteiger partial charge is 0.242 e. The number of likely N-dealkylation sites (N-methyl/N-ethyl adjacent to an activating group) is 6. The van der Waals surface area contributed by atoms with Gasteiger partial charge < -0.3 is 79.1 Å². The number of hydrogen-bond donors (Lipinski definition) is 1. The van der Waals surface area contributed by atoms with Crippen molar-refractivity contribution in [3.8, 4) is 0 Å². The largest absolute Gasteiger partial charge is 0.379 e. The van der Waals surface area contributed by atoms with E-state index in [1.54, 1.807) is 0 Å². The molecule has 628 valence electrons. The molecule has 0 bridgehead atoms. The summed E-state index contributed by atoms with van der Waals surface area (Å²) in [6, 6.07) is 7.54. The van der Waals surface area contributed by atoms with Crippen LogP contribution >= 0.6 is 0 Å². The molecule has 0 spiro atoms. The normalized spacial score (nSPS) is 25.1. The summed E-state index contributed by atoms with van der Waals surface area (Å²) in [5, 5.41) is 0. The summed E-state index contributed by atoms with van der Waals surface area (Å²) in [7, 11) is 24.0. The highest BCUT2D eigenvalue weighted by Gasteiger charge is 2.40. The second kappa shape index (κ2) is 50.7. The molecule has 0 atom stereocenters. The van der Waals surface area contributed by atoms with Gasteiger partial charge >= 0.3 is 0 Å². The maximum atomic E-state index is 12.5. The van der Waals surface area contributed by atoms with Crippen LogP contribution in [-0.4, -0.2) is 467 Å². The zero-order chi connectivity index (χ0) is 78.6. The molecule has 1 aromatic heterocycles. The molecule has 13 fully saturated rings. The van der Waals surface area contributed by atoms with Gasteiger partial charge in [-0.15, -0.1) is 0 Å². The van der Waals surface area contributed by atoms with Crippen molar-refractivity contribution in [2.75, 3.05) is 326 Å². The van der Waals surface area contributed by atoms with E-state index < -0.39 is 5.54 Å². The lowest BCUT2D eigenvalue weighted by Crippen LogP contribution is -2.60. The predicted molar refractivity (Wildman–Crippen MR) is 454 cm³/mol. The summed E-state index contributed by atoms with van der Waals surface area (Å²) in [6.07, 6.45) is 22.7. The lowest BCUT2D eigenvalue weighted by Gasteiger charge is -2.43. The fourth-order valence-corrected chi connectivity index (χ4v) is 16.5. The molecule has 0 aromatic carbocycles. The van der Waals surface area contributed by atoms with Crippen molar-refractivity contribution < 1.29 is 14.3 Å². The highest BCUT2D eigenvalue weighted by atomic mass is 16.5. The quantitative estimate of drug-likeness (QED) is 0.267. The molecule has 2 amide bonds. The molecule has 1 aliphatic carbocycles. The Bertz CT molecular complexity index is 2410. The first-order valence-corrected chi connectivity index (χ1v) is 43.7. The van der Waals surface area contributed by atoms with Gasteiger partial charge in [-0.05, 0) is 304 Å². The third-order valence-corrected chi connectivity index (χ3v) is 26.1. The number of nitrogens with zero attached hydrogens (tertiary/aromatic N) is 19. The van der Waals surface area contributed by atoms with E-state index in [1.807, 2.05) is 37.2 Å². The fourth-order valence-electron chi connectivity index (χ4n) is 16.5. The van der Waals surface area contributed by atoms with Crippen molar-refractivity contribution in [1.82, 2.24) is 93.2 Å². The summed E-state index contributed by atoms with van der Waals surface area (Å²) in [6.45, 7) is 59.4. The molecule has 13 aliphatic rings. The van der Waals surface area contributed by atoms with E-state index >= 15 is 0 Å². The van der Waals surface area contributed by atoms with Gasteiger partial charge in [-0.2, -0.15) is 0 Å². The number of hydrogen-bond acceptors (Lipinski definition) is 21. The molecule has 12 aliphatic heterocycles. The van der Waals surface area contributed by atoms with E-state index in [0.29, 0.717) is 5.91 Å². The Morgan fingerprint density at radius 1 is 0.463 bits per heavy atom. The number of carbonyl (C=O) groups excluding carboxylic acids is 2. The van der Waals surface area contributed by atoms with E-state index in [0.717, 1.165) is 128 Å². The van der Waals surface area contributed by atoms with Crippen LogP contribution in [-0.2, 0) is 20.7 Å². The van der Waals surface area contributed by atoms with Crippen LogP contribution in [0.2, 0.25) is 0 Å². The van der Waals surface area contributed by atoms with Crippen LogP contribution in [0.3, 0.4) is 0 Å². The van der Waals surface area contributed by atoms with Crippen molar-refractivity contribution in [3.63, 3.8) is 0 Å². The Labute approximate surface area is 663 Å². The predicted octanol–water partition coefficient (Wildman–Crippen LogP) is 5.48. The Kier molecular flexibility index (Phi) is 44.2. The monoisotopic (exact) mass is 1520 g/mol. The summed E-state index contributed by atoms with van der Waals surface area (Å²) in [4.78, 5) is 71.1. The number of pyridine rings is 1. The molecular weight excluding hydrogens is 1350 g/mol. The molecule has 12 saturated heterocycles. The number of ether oxygens (including phenoxy) is 1. The van der Waals surface area contributed by atoms with Gasteiger partial charge in [-0.25, -0.2) is 0 Å². The van der Waals surface area contributed by atoms with Crippen molar-refractivity contribution >= 4 is 11.8 Å². The Morgan fingerprint density at radius 3 is 1.23 bits per heavy atom. The molecule has 2 N–H and O–H groups in total. The summed E-state index contributed by atoms with van der Waals surface area (Å²) in [5.41, 5.74) is 5.91. The zero-order valence-corrected chi connectivity index (χ0v) is 73.3. The zero-order valence-electron chi connectivity index (χ0n) is 73.3. The van der Waals surface area contributed by atoms with E-state index in [9.17, 15) is 9.59 Å². The van der Waals surface area contributed by atoms with Gasteiger partial charge in [0.05, 0.1) is 24.3 Å². The molecule has 0 unspecified atom stereocenters. The molecule has 108 heavy (non-hydrogen) atoms. The first-order chi connectivity index (χ1) is 51.6. The number of amides is 2. The highest BCUT2D eigenvalue weighted by molar-refractivity contribution is 5.85. The number of aromatic nitrogens is 1. The minimum absolute atomic E-state index is 0.239. The van der Waals surface area contributed by atoms with Gasteiger partial charge in [0.15, 0.2) is 0 Å². The minimum atomic E-state index is -0.499. The number of piperazine rings is 5. The number of primary amides is 1. The van der Waals surface area contributed by atoms with Crippen LogP contribution in [0, 0.1) is 11.8 Å².